The molecular weight excluding hydrogens is 246 g/mol. The van der Waals surface area contributed by atoms with Crippen molar-refractivity contribution in [1.82, 2.24) is 4.90 Å². The Morgan fingerprint density at radius 3 is 2.68 bits per heavy atom. The predicted octanol–water partition coefficient (Wildman–Crippen LogP) is 1.78. The monoisotopic (exact) mass is 263 g/mol. The molecule has 1 aromatic rings. The Morgan fingerprint density at radius 2 is 2.05 bits per heavy atom. The highest BCUT2D eigenvalue weighted by Gasteiger charge is 2.32. The maximum atomic E-state index is 12.4. The number of carboxylic acid groups (broad SMARTS) is 1. The number of nitrogens with zero attached hydrogens (tertiary/aromatic N) is 1. The van der Waals surface area contributed by atoms with Crippen LogP contribution >= 0.6 is 0 Å². The number of hydrogen-bond donors (Lipinski definition) is 2. The zero-order chi connectivity index (χ0) is 14.0. The van der Waals surface area contributed by atoms with Crippen LogP contribution < -0.4 is 0 Å². The number of carbonyl (C=O) groups excluding carboxylic acids is 1. The number of amides is 1. The third-order valence-corrected chi connectivity index (χ3v) is 3.49. The molecule has 1 saturated heterocycles. The van der Waals surface area contributed by atoms with Crippen molar-refractivity contribution in [2.45, 2.75) is 32.2 Å². The van der Waals surface area contributed by atoms with Crippen molar-refractivity contribution in [1.29, 1.82) is 0 Å². The lowest BCUT2D eigenvalue weighted by atomic mass is 9.99. The number of aryl methyl sites for hydroxylation is 1. The Morgan fingerprint density at radius 1 is 1.32 bits per heavy atom. The number of likely N-dealkylation sites (tertiary alicyclic amines) is 1. The number of aliphatic carboxylic acids is 1. The van der Waals surface area contributed by atoms with Gasteiger partial charge in [0.05, 0.1) is 0 Å². The minimum Gasteiger partial charge on any atom is -0.508 e. The molecular formula is C14H17NO4. The molecule has 1 fully saturated rings. The van der Waals surface area contributed by atoms with Gasteiger partial charge < -0.3 is 15.1 Å². The number of rotatable bonds is 2. The average Bonchev–Trinajstić information content (AvgIpc) is 2.38. The van der Waals surface area contributed by atoms with Crippen LogP contribution in [-0.4, -0.2) is 39.6 Å². The zero-order valence-electron chi connectivity index (χ0n) is 10.8. The molecule has 1 heterocycles. The standard InChI is InChI=1S/C14H17NO4/c1-9-8-10(16)5-6-11(9)13(17)15-7-3-2-4-12(15)14(18)19/h5-6,8,12,16H,2-4,7H2,1H3,(H,18,19)/t12-/m1/s1. The van der Waals surface area contributed by atoms with Crippen molar-refractivity contribution in [3.05, 3.63) is 29.3 Å². The van der Waals surface area contributed by atoms with E-state index in [2.05, 4.69) is 0 Å². The number of hydrogen-bond acceptors (Lipinski definition) is 3. The molecule has 19 heavy (non-hydrogen) atoms. The van der Waals surface area contributed by atoms with Crippen LogP contribution in [0, 0.1) is 6.92 Å². The molecule has 0 saturated carbocycles. The summed E-state index contributed by atoms with van der Waals surface area (Å²) < 4.78 is 0. The molecule has 1 amide bonds. The molecule has 102 valence electrons. The Bertz CT molecular complexity index is 512. The number of phenolic OH excluding ortho intramolecular Hbond substituents is 1. The summed E-state index contributed by atoms with van der Waals surface area (Å²) in [5.41, 5.74) is 1.10. The van der Waals surface area contributed by atoms with Gasteiger partial charge in [0.15, 0.2) is 0 Å². The zero-order valence-corrected chi connectivity index (χ0v) is 10.8. The SMILES string of the molecule is Cc1cc(O)ccc1C(=O)N1CCCC[C@@H]1C(=O)O. The van der Waals surface area contributed by atoms with Gasteiger partial charge in [-0.05, 0) is 49.9 Å². The van der Waals surface area contributed by atoms with Crippen molar-refractivity contribution in [2.24, 2.45) is 0 Å². The minimum absolute atomic E-state index is 0.0995. The van der Waals surface area contributed by atoms with E-state index >= 15 is 0 Å². The van der Waals surface area contributed by atoms with Gasteiger partial charge in [-0.2, -0.15) is 0 Å². The van der Waals surface area contributed by atoms with Crippen molar-refractivity contribution in [3.63, 3.8) is 0 Å². The molecule has 0 aromatic heterocycles. The maximum absolute atomic E-state index is 12.4. The Balaban J connectivity index is 2.28. The Hall–Kier alpha value is -2.04. The second kappa shape index (κ2) is 5.30. The largest absolute Gasteiger partial charge is 0.508 e. The van der Waals surface area contributed by atoms with E-state index in [0.29, 0.717) is 24.1 Å². The summed E-state index contributed by atoms with van der Waals surface area (Å²) in [6, 6.07) is 3.75. The van der Waals surface area contributed by atoms with E-state index in [4.69, 9.17) is 0 Å². The van der Waals surface area contributed by atoms with Crippen LogP contribution in [0.1, 0.15) is 35.2 Å². The Labute approximate surface area is 111 Å². The van der Waals surface area contributed by atoms with E-state index in [0.717, 1.165) is 12.8 Å². The number of carboxylic acids is 1. The molecule has 2 rings (SSSR count). The van der Waals surface area contributed by atoms with Gasteiger partial charge in [-0.3, -0.25) is 4.79 Å². The van der Waals surface area contributed by atoms with Crippen LogP contribution in [-0.2, 0) is 4.79 Å². The first-order valence-corrected chi connectivity index (χ1v) is 6.34. The topological polar surface area (TPSA) is 77.8 Å². The van der Waals surface area contributed by atoms with Gasteiger partial charge >= 0.3 is 5.97 Å². The molecule has 5 nitrogen and oxygen atoms in total. The second-order valence-corrected chi connectivity index (χ2v) is 4.85. The lowest BCUT2D eigenvalue weighted by molar-refractivity contribution is -0.143. The summed E-state index contributed by atoms with van der Waals surface area (Å²) in [5, 5.41) is 18.5. The second-order valence-electron chi connectivity index (χ2n) is 4.85. The normalized spacial score (nSPS) is 19.2. The number of piperidine rings is 1. The first kappa shape index (κ1) is 13.4. The highest BCUT2D eigenvalue weighted by atomic mass is 16.4. The molecule has 1 atom stereocenters. The van der Waals surface area contributed by atoms with Gasteiger partial charge in [0.1, 0.15) is 11.8 Å². The van der Waals surface area contributed by atoms with E-state index in [1.165, 1.54) is 17.0 Å². The predicted molar refractivity (Wildman–Crippen MR) is 69.2 cm³/mol. The van der Waals surface area contributed by atoms with Crippen molar-refractivity contribution in [3.8, 4) is 5.75 Å². The van der Waals surface area contributed by atoms with Gasteiger partial charge in [0.25, 0.3) is 5.91 Å². The third kappa shape index (κ3) is 2.70. The summed E-state index contributed by atoms with van der Waals surface area (Å²) in [4.78, 5) is 25.1. The van der Waals surface area contributed by atoms with E-state index in [9.17, 15) is 19.8 Å². The molecule has 1 aromatic carbocycles. The first-order chi connectivity index (χ1) is 9.00. The fourth-order valence-corrected chi connectivity index (χ4v) is 2.47. The lowest BCUT2D eigenvalue weighted by Crippen LogP contribution is -2.48. The minimum atomic E-state index is -0.954. The van der Waals surface area contributed by atoms with Gasteiger partial charge in [0.2, 0.25) is 0 Å². The molecule has 0 spiro atoms. The molecule has 0 bridgehead atoms. The first-order valence-electron chi connectivity index (χ1n) is 6.34. The highest BCUT2D eigenvalue weighted by Crippen LogP contribution is 2.23. The summed E-state index contributed by atoms with van der Waals surface area (Å²) in [6.45, 7) is 2.20. The molecule has 1 aliphatic rings. The molecule has 2 N–H and O–H groups in total. The Kier molecular flexibility index (Phi) is 3.74. The van der Waals surface area contributed by atoms with Crippen LogP contribution in [0.3, 0.4) is 0 Å². The van der Waals surface area contributed by atoms with Crippen LogP contribution in [0.4, 0.5) is 0 Å². The molecule has 0 aliphatic carbocycles. The maximum Gasteiger partial charge on any atom is 0.326 e. The number of benzene rings is 1. The fourth-order valence-electron chi connectivity index (χ4n) is 2.47. The molecule has 5 heteroatoms. The molecule has 0 unspecified atom stereocenters. The highest BCUT2D eigenvalue weighted by molar-refractivity contribution is 5.98. The molecule has 1 aliphatic heterocycles. The smallest absolute Gasteiger partial charge is 0.326 e. The van der Waals surface area contributed by atoms with E-state index < -0.39 is 12.0 Å². The van der Waals surface area contributed by atoms with Gasteiger partial charge in [-0.1, -0.05) is 0 Å². The van der Waals surface area contributed by atoms with Gasteiger partial charge in [-0.15, -0.1) is 0 Å². The van der Waals surface area contributed by atoms with E-state index in [1.807, 2.05) is 0 Å². The van der Waals surface area contributed by atoms with Crippen molar-refractivity contribution >= 4 is 11.9 Å². The molecule has 0 radical (unpaired) electrons. The average molecular weight is 263 g/mol. The summed E-state index contributed by atoms with van der Waals surface area (Å²) in [6.07, 6.45) is 2.15. The number of carbonyl (C=O) groups is 2. The van der Waals surface area contributed by atoms with Crippen molar-refractivity contribution in [2.75, 3.05) is 6.54 Å². The summed E-state index contributed by atoms with van der Waals surface area (Å²) in [5.74, 6) is -1.13. The number of phenols is 1. The van der Waals surface area contributed by atoms with Gasteiger partial charge in [-0.25, -0.2) is 4.79 Å². The quantitative estimate of drug-likeness (QED) is 0.852. The lowest BCUT2D eigenvalue weighted by Gasteiger charge is -2.33. The summed E-state index contributed by atoms with van der Waals surface area (Å²) >= 11 is 0. The fraction of sp³-hybridized carbons (Fsp3) is 0.429. The summed E-state index contributed by atoms with van der Waals surface area (Å²) in [7, 11) is 0. The van der Waals surface area contributed by atoms with E-state index in [-0.39, 0.29) is 11.7 Å². The van der Waals surface area contributed by atoms with Gasteiger partial charge in [0, 0.05) is 12.1 Å². The number of aromatic hydroxyl groups is 1. The van der Waals surface area contributed by atoms with Crippen LogP contribution in [0.2, 0.25) is 0 Å². The van der Waals surface area contributed by atoms with Crippen LogP contribution in [0.15, 0.2) is 18.2 Å². The van der Waals surface area contributed by atoms with Crippen molar-refractivity contribution < 1.29 is 19.8 Å². The van der Waals surface area contributed by atoms with Crippen LogP contribution in [0.5, 0.6) is 5.75 Å². The van der Waals surface area contributed by atoms with E-state index in [1.54, 1.807) is 13.0 Å². The van der Waals surface area contributed by atoms with Crippen LogP contribution in [0.25, 0.3) is 0 Å². The third-order valence-electron chi connectivity index (χ3n) is 3.49.